The van der Waals surface area contributed by atoms with Crippen molar-refractivity contribution in [2.45, 2.75) is 51.7 Å². The van der Waals surface area contributed by atoms with Gasteiger partial charge >= 0.3 is 0 Å². The van der Waals surface area contributed by atoms with Crippen molar-refractivity contribution >= 4 is 5.91 Å². The zero-order chi connectivity index (χ0) is 17.9. The molecule has 2 aliphatic rings. The summed E-state index contributed by atoms with van der Waals surface area (Å²) in [5, 5.41) is 0. The number of fused-ring (bicyclic) bond motifs is 1. The number of nitrogens with zero attached hydrogens (tertiary/aromatic N) is 2. The van der Waals surface area contributed by atoms with E-state index in [2.05, 4.69) is 4.98 Å². The van der Waals surface area contributed by atoms with Crippen LogP contribution >= 0.6 is 0 Å². The molecule has 25 heavy (non-hydrogen) atoms. The van der Waals surface area contributed by atoms with Crippen LogP contribution in [-0.4, -0.2) is 54.3 Å². The Balaban J connectivity index is 1.68. The topological polar surface area (TPSA) is 51.7 Å². The molecule has 5 nitrogen and oxygen atoms in total. The fraction of sp³-hybridized carbons (Fsp3) is 0.684. The quantitative estimate of drug-likeness (QED) is 0.819. The second-order valence-corrected chi connectivity index (χ2v) is 7.43. The third-order valence-corrected chi connectivity index (χ3v) is 5.17. The van der Waals surface area contributed by atoms with Crippen molar-refractivity contribution < 1.29 is 18.7 Å². The van der Waals surface area contributed by atoms with Crippen LogP contribution in [0.5, 0.6) is 0 Å². The largest absolute Gasteiger partial charge is 0.378 e. The van der Waals surface area contributed by atoms with Gasteiger partial charge in [-0.25, -0.2) is 4.39 Å². The molecule has 2 fully saturated rings. The molecule has 3 heterocycles. The number of likely N-dealkylation sites (tertiary alicyclic amines) is 1. The van der Waals surface area contributed by atoms with Crippen LogP contribution in [0.4, 0.5) is 4.39 Å². The van der Waals surface area contributed by atoms with E-state index in [0.717, 1.165) is 32.1 Å². The summed E-state index contributed by atoms with van der Waals surface area (Å²) in [6, 6.07) is 2.91. The van der Waals surface area contributed by atoms with Crippen molar-refractivity contribution in [3.05, 3.63) is 29.8 Å². The van der Waals surface area contributed by atoms with Gasteiger partial charge in [0.2, 0.25) is 5.91 Å². The summed E-state index contributed by atoms with van der Waals surface area (Å²) in [5.74, 6) is -0.354. The molecule has 0 aliphatic carbocycles. The van der Waals surface area contributed by atoms with Crippen LogP contribution in [0.15, 0.2) is 18.3 Å². The van der Waals surface area contributed by atoms with Gasteiger partial charge in [0.1, 0.15) is 5.82 Å². The molecule has 1 amide bonds. The predicted octanol–water partition coefficient (Wildman–Crippen LogP) is 2.59. The van der Waals surface area contributed by atoms with E-state index in [9.17, 15) is 9.18 Å². The molecule has 1 aromatic rings. The molecule has 1 aromatic heterocycles. The van der Waals surface area contributed by atoms with Gasteiger partial charge < -0.3 is 14.4 Å². The Morgan fingerprint density at radius 2 is 2.36 bits per heavy atom. The lowest BCUT2D eigenvalue weighted by Crippen LogP contribution is -2.58. The number of amides is 1. The number of hydrogen-bond acceptors (Lipinski definition) is 4. The number of ether oxygens (including phenoxy) is 2. The highest BCUT2D eigenvalue weighted by Gasteiger charge is 2.47. The summed E-state index contributed by atoms with van der Waals surface area (Å²) in [5.41, 5.74) is 0.480. The summed E-state index contributed by atoms with van der Waals surface area (Å²) < 4.78 is 24.9. The van der Waals surface area contributed by atoms with Crippen LogP contribution in [0, 0.1) is 11.2 Å². The molecule has 2 atom stereocenters. The van der Waals surface area contributed by atoms with Crippen molar-refractivity contribution in [1.82, 2.24) is 9.88 Å². The molecular weight excluding hydrogens is 323 g/mol. The van der Waals surface area contributed by atoms with Crippen molar-refractivity contribution in [3.63, 3.8) is 0 Å². The van der Waals surface area contributed by atoms with Crippen molar-refractivity contribution in [3.8, 4) is 0 Å². The molecular formula is C19H27FN2O3. The first-order valence-electron chi connectivity index (χ1n) is 9.10. The Bertz CT molecular complexity index is 593. The van der Waals surface area contributed by atoms with Crippen LogP contribution in [0.2, 0.25) is 0 Å². The van der Waals surface area contributed by atoms with Gasteiger partial charge in [0.15, 0.2) is 0 Å². The molecule has 0 saturated carbocycles. The summed E-state index contributed by atoms with van der Waals surface area (Å²) in [6.07, 6.45) is 4.53. The minimum Gasteiger partial charge on any atom is -0.378 e. The van der Waals surface area contributed by atoms with Crippen molar-refractivity contribution in [2.75, 3.05) is 26.3 Å². The number of aromatic nitrogens is 1. The molecule has 138 valence electrons. The molecule has 3 rings (SSSR count). The Morgan fingerprint density at radius 1 is 1.52 bits per heavy atom. The Kier molecular flexibility index (Phi) is 5.69. The Labute approximate surface area is 148 Å². The number of pyridine rings is 1. The minimum atomic E-state index is -0.388. The second-order valence-electron chi connectivity index (χ2n) is 7.43. The van der Waals surface area contributed by atoms with Crippen molar-refractivity contribution in [1.29, 1.82) is 0 Å². The normalized spacial score (nSPS) is 26.6. The van der Waals surface area contributed by atoms with Gasteiger partial charge in [0, 0.05) is 30.8 Å². The Hall–Kier alpha value is -1.53. The first kappa shape index (κ1) is 18.3. The maximum Gasteiger partial charge on any atom is 0.228 e. The summed E-state index contributed by atoms with van der Waals surface area (Å²) in [6.45, 7) is 6.82. The van der Waals surface area contributed by atoms with E-state index in [4.69, 9.17) is 9.47 Å². The van der Waals surface area contributed by atoms with Gasteiger partial charge in [-0.2, -0.15) is 0 Å². The maximum absolute atomic E-state index is 13.0. The SMILES string of the molecule is CC(C)OC[C@]12CCCO[C@@H]1CCN(C(=O)Cc1ccc(F)cn1)C2. The highest BCUT2D eigenvalue weighted by molar-refractivity contribution is 5.78. The molecule has 0 radical (unpaired) electrons. The fourth-order valence-electron chi connectivity index (χ4n) is 3.82. The zero-order valence-electron chi connectivity index (χ0n) is 15.0. The zero-order valence-corrected chi connectivity index (χ0v) is 15.0. The van der Waals surface area contributed by atoms with Gasteiger partial charge in [-0.15, -0.1) is 0 Å². The van der Waals surface area contributed by atoms with Gasteiger partial charge in [0.25, 0.3) is 0 Å². The van der Waals surface area contributed by atoms with Crippen LogP contribution in [0.25, 0.3) is 0 Å². The van der Waals surface area contributed by atoms with E-state index in [0.29, 0.717) is 25.4 Å². The number of rotatable bonds is 5. The minimum absolute atomic E-state index is 0.0343. The average Bonchev–Trinajstić information content (AvgIpc) is 2.61. The van der Waals surface area contributed by atoms with E-state index in [1.807, 2.05) is 18.7 Å². The third kappa shape index (κ3) is 4.36. The molecule has 0 spiro atoms. The summed E-state index contributed by atoms with van der Waals surface area (Å²) in [7, 11) is 0. The van der Waals surface area contributed by atoms with Gasteiger partial charge in [-0.05, 0) is 45.2 Å². The number of halogens is 1. The lowest BCUT2D eigenvalue weighted by atomic mass is 9.73. The highest BCUT2D eigenvalue weighted by Crippen LogP contribution is 2.40. The van der Waals surface area contributed by atoms with Crippen LogP contribution < -0.4 is 0 Å². The second kappa shape index (κ2) is 7.79. The monoisotopic (exact) mass is 350 g/mol. The molecule has 0 aromatic carbocycles. The maximum atomic E-state index is 13.0. The standard InChI is InChI=1S/C19H27FN2O3/c1-14(2)25-13-19-7-3-9-24-17(19)6-8-22(12-19)18(23)10-16-5-4-15(20)11-21-16/h4-5,11,14,17H,3,6-10,12-13H2,1-2H3/t17-,19-/m1/s1. The predicted molar refractivity (Wildman–Crippen MR) is 91.6 cm³/mol. The first-order chi connectivity index (χ1) is 12.0. The first-order valence-corrected chi connectivity index (χ1v) is 9.10. The fourth-order valence-corrected chi connectivity index (χ4v) is 3.82. The van der Waals surface area contributed by atoms with Crippen LogP contribution in [-0.2, 0) is 20.7 Å². The number of piperidine rings is 1. The lowest BCUT2D eigenvalue weighted by molar-refractivity contribution is -0.168. The van der Waals surface area contributed by atoms with Crippen molar-refractivity contribution in [2.24, 2.45) is 5.41 Å². The van der Waals surface area contributed by atoms with E-state index in [-0.39, 0.29) is 35.8 Å². The third-order valence-electron chi connectivity index (χ3n) is 5.17. The van der Waals surface area contributed by atoms with Gasteiger partial charge in [-0.3, -0.25) is 9.78 Å². The van der Waals surface area contributed by atoms with E-state index in [1.54, 1.807) is 6.07 Å². The van der Waals surface area contributed by atoms with Crippen LogP contribution in [0.3, 0.4) is 0 Å². The molecule has 0 unspecified atom stereocenters. The molecule has 0 bridgehead atoms. The lowest BCUT2D eigenvalue weighted by Gasteiger charge is -2.50. The molecule has 2 saturated heterocycles. The average molecular weight is 350 g/mol. The number of carbonyl (C=O) groups excluding carboxylic acids is 1. The highest BCUT2D eigenvalue weighted by atomic mass is 19.1. The smallest absolute Gasteiger partial charge is 0.228 e. The van der Waals surface area contributed by atoms with E-state index in [1.165, 1.54) is 6.07 Å². The molecule has 0 N–H and O–H groups in total. The van der Waals surface area contributed by atoms with E-state index < -0.39 is 0 Å². The van der Waals surface area contributed by atoms with E-state index >= 15 is 0 Å². The number of carbonyl (C=O) groups is 1. The van der Waals surface area contributed by atoms with Crippen LogP contribution in [0.1, 0.15) is 38.8 Å². The Morgan fingerprint density at radius 3 is 3.08 bits per heavy atom. The summed E-state index contributed by atoms with van der Waals surface area (Å²) in [4.78, 5) is 18.6. The summed E-state index contributed by atoms with van der Waals surface area (Å²) >= 11 is 0. The molecule has 6 heteroatoms. The number of hydrogen-bond donors (Lipinski definition) is 0. The van der Waals surface area contributed by atoms with Gasteiger partial charge in [0.05, 0.1) is 31.4 Å². The molecule has 2 aliphatic heterocycles. The van der Waals surface area contributed by atoms with Gasteiger partial charge in [-0.1, -0.05) is 0 Å².